The van der Waals surface area contributed by atoms with Gasteiger partial charge in [-0.15, -0.1) is 0 Å². The highest BCUT2D eigenvalue weighted by atomic mass is 16.5. The molecule has 9 nitrogen and oxygen atoms in total. The molecule has 0 fully saturated rings. The number of fused-ring (bicyclic) bond motifs is 2. The molecule has 0 spiro atoms. The molecule has 0 bridgehead atoms. The van der Waals surface area contributed by atoms with E-state index in [1.165, 1.54) is 12.0 Å². The van der Waals surface area contributed by atoms with Gasteiger partial charge in [-0.3, -0.25) is 14.4 Å². The zero-order valence-electron chi connectivity index (χ0n) is 18.3. The van der Waals surface area contributed by atoms with Crippen LogP contribution in [0.2, 0.25) is 0 Å². The van der Waals surface area contributed by atoms with Gasteiger partial charge in [-0.1, -0.05) is 18.2 Å². The Labute approximate surface area is 190 Å². The maximum atomic E-state index is 13.1. The summed E-state index contributed by atoms with van der Waals surface area (Å²) in [5, 5.41) is 6.40. The SMILES string of the molecule is COc1ccc2c(c1)OCCNC(=O)CN(C(=O)c1cc3ccccc3o1)CCCNC2=O. The topological polar surface area (TPSA) is 110 Å². The summed E-state index contributed by atoms with van der Waals surface area (Å²) < 4.78 is 16.6. The Hall–Kier alpha value is -4.01. The molecule has 1 aromatic heterocycles. The van der Waals surface area contributed by atoms with E-state index < -0.39 is 0 Å². The van der Waals surface area contributed by atoms with Crippen molar-refractivity contribution in [3.8, 4) is 11.5 Å². The van der Waals surface area contributed by atoms with Crippen LogP contribution in [0, 0.1) is 0 Å². The Bertz CT molecular complexity index is 1140. The lowest BCUT2D eigenvalue weighted by molar-refractivity contribution is -0.121. The summed E-state index contributed by atoms with van der Waals surface area (Å²) in [5.41, 5.74) is 0.974. The molecule has 33 heavy (non-hydrogen) atoms. The Morgan fingerprint density at radius 1 is 1.06 bits per heavy atom. The van der Waals surface area contributed by atoms with Crippen LogP contribution in [0.25, 0.3) is 11.0 Å². The quantitative estimate of drug-likeness (QED) is 0.618. The number of rotatable bonds is 2. The van der Waals surface area contributed by atoms with Crippen LogP contribution in [-0.2, 0) is 4.79 Å². The van der Waals surface area contributed by atoms with Gasteiger partial charge in [-0.05, 0) is 30.7 Å². The van der Waals surface area contributed by atoms with Gasteiger partial charge in [-0.2, -0.15) is 0 Å². The van der Waals surface area contributed by atoms with Crippen molar-refractivity contribution in [3.05, 3.63) is 59.9 Å². The average Bonchev–Trinajstić information content (AvgIpc) is 3.27. The molecule has 0 saturated carbocycles. The molecular formula is C24H25N3O6. The summed E-state index contributed by atoms with van der Waals surface area (Å²) >= 11 is 0. The molecule has 9 heteroatoms. The normalized spacial score (nSPS) is 15.6. The van der Waals surface area contributed by atoms with Crippen molar-refractivity contribution in [1.82, 2.24) is 15.5 Å². The number of nitrogens with zero attached hydrogens (tertiary/aromatic N) is 1. The average molecular weight is 451 g/mol. The van der Waals surface area contributed by atoms with E-state index in [1.54, 1.807) is 30.3 Å². The molecule has 172 valence electrons. The van der Waals surface area contributed by atoms with Crippen molar-refractivity contribution in [2.24, 2.45) is 0 Å². The number of hydrogen-bond acceptors (Lipinski definition) is 6. The van der Waals surface area contributed by atoms with Gasteiger partial charge in [-0.25, -0.2) is 0 Å². The second kappa shape index (κ2) is 10.1. The minimum Gasteiger partial charge on any atom is -0.497 e. The largest absolute Gasteiger partial charge is 0.497 e. The second-order valence-corrected chi connectivity index (χ2v) is 7.55. The first-order valence-corrected chi connectivity index (χ1v) is 10.7. The van der Waals surface area contributed by atoms with Gasteiger partial charge in [0.25, 0.3) is 11.8 Å². The van der Waals surface area contributed by atoms with E-state index in [-0.39, 0.29) is 49.7 Å². The fourth-order valence-electron chi connectivity index (χ4n) is 3.58. The smallest absolute Gasteiger partial charge is 0.290 e. The van der Waals surface area contributed by atoms with Gasteiger partial charge in [0.15, 0.2) is 5.76 Å². The van der Waals surface area contributed by atoms with Crippen LogP contribution in [0.4, 0.5) is 0 Å². The third-order valence-corrected chi connectivity index (χ3v) is 5.26. The number of benzene rings is 2. The van der Waals surface area contributed by atoms with Crippen molar-refractivity contribution in [3.63, 3.8) is 0 Å². The Morgan fingerprint density at radius 2 is 1.91 bits per heavy atom. The lowest BCUT2D eigenvalue weighted by Gasteiger charge is -2.22. The van der Waals surface area contributed by atoms with Crippen LogP contribution >= 0.6 is 0 Å². The van der Waals surface area contributed by atoms with E-state index in [0.717, 1.165) is 5.39 Å². The number of para-hydroxylation sites is 1. The molecule has 3 aromatic rings. The highest BCUT2D eigenvalue weighted by Crippen LogP contribution is 2.25. The van der Waals surface area contributed by atoms with Crippen molar-refractivity contribution < 1.29 is 28.3 Å². The Morgan fingerprint density at radius 3 is 2.73 bits per heavy atom. The van der Waals surface area contributed by atoms with Gasteiger partial charge >= 0.3 is 0 Å². The van der Waals surface area contributed by atoms with Gasteiger partial charge in [0.1, 0.15) is 23.7 Å². The van der Waals surface area contributed by atoms with Gasteiger partial charge in [0, 0.05) is 24.5 Å². The summed E-state index contributed by atoms with van der Waals surface area (Å²) in [7, 11) is 1.53. The minimum atomic E-state index is -0.381. The number of carbonyl (C=O) groups is 3. The predicted molar refractivity (Wildman–Crippen MR) is 121 cm³/mol. The van der Waals surface area contributed by atoms with E-state index in [4.69, 9.17) is 13.9 Å². The standard InChI is InChI=1S/C24H25N3O6/c1-31-17-7-8-18-20(14-17)32-12-10-25-22(28)15-27(11-4-9-26-23(18)29)24(30)21-13-16-5-2-3-6-19(16)33-21/h2-3,5-8,13-14H,4,9-12,15H2,1H3,(H,25,28)(H,26,29). The molecule has 0 unspecified atom stereocenters. The fourth-order valence-corrected chi connectivity index (χ4v) is 3.58. The zero-order valence-corrected chi connectivity index (χ0v) is 18.3. The Balaban J connectivity index is 1.49. The summed E-state index contributed by atoms with van der Waals surface area (Å²) in [5.74, 6) is 0.124. The minimum absolute atomic E-state index is 0.131. The van der Waals surface area contributed by atoms with E-state index in [9.17, 15) is 14.4 Å². The zero-order chi connectivity index (χ0) is 23.2. The maximum absolute atomic E-state index is 13.1. The van der Waals surface area contributed by atoms with Crippen molar-refractivity contribution >= 4 is 28.7 Å². The van der Waals surface area contributed by atoms with Gasteiger partial charge in [0.2, 0.25) is 5.91 Å². The summed E-state index contributed by atoms with van der Waals surface area (Å²) in [4.78, 5) is 39.6. The number of amides is 3. The summed E-state index contributed by atoms with van der Waals surface area (Å²) in [6.45, 7) is 0.820. The van der Waals surface area contributed by atoms with Gasteiger partial charge < -0.3 is 29.4 Å². The van der Waals surface area contributed by atoms with E-state index in [1.807, 2.05) is 18.2 Å². The molecule has 1 aliphatic rings. The first-order chi connectivity index (χ1) is 16.0. The first-order valence-electron chi connectivity index (χ1n) is 10.7. The van der Waals surface area contributed by atoms with Crippen LogP contribution in [0.3, 0.4) is 0 Å². The van der Waals surface area contributed by atoms with Crippen LogP contribution in [0.1, 0.15) is 27.3 Å². The molecule has 0 radical (unpaired) electrons. The van der Waals surface area contributed by atoms with Crippen LogP contribution in [0.5, 0.6) is 11.5 Å². The lowest BCUT2D eigenvalue weighted by atomic mass is 10.1. The number of carbonyl (C=O) groups excluding carboxylic acids is 3. The molecule has 2 N–H and O–H groups in total. The highest BCUT2D eigenvalue weighted by Gasteiger charge is 2.23. The van der Waals surface area contributed by atoms with Crippen molar-refractivity contribution in [2.45, 2.75) is 6.42 Å². The Kier molecular flexibility index (Phi) is 6.77. The fraction of sp³-hybridized carbons (Fsp3) is 0.292. The third-order valence-electron chi connectivity index (χ3n) is 5.26. The summed E-state index contributed by atoms with van der Waals surface area (Å²) in [6, 6.07) is 13.9. The number of nitrogens with one attached hydrogen (secondary N) is 2. The first kappa shape index (κ1) is 22.2. The molecule has 2 aromatic carbocycles. The molecule has 0 atom stereocenters. The molecule has 0 saturated heterocycles. The van der Waals surface area contributed by atoms with E-state index >= 15 is 0 Å². The summed E-state index contributed by atoms with van der Waals surface area (Å²) in [6.07, 6.45) is 0.456. The molecule has 3 amide bonds. The van der Waals surface area contributed by atoms with Crippen molar-refractivity contribution in [1.29, 1.82) is 0 Å². The molecule has 2 heterocycles. The third kappa shape index (κ3) is 5.25. The van der Waals surface area contributed by atoms with Crippen LogP contribution in [0.15, 0.2) is 52.9 Å². The molecule has 1 aliphatic heterocycles. The van der Waals surface area contributed by atoms with Crippen molar-refractivity contribution in [2.75, 3.05) is 39.9 Å². The monoisotopic (exact) mass is 451 g/mol. The van der Waals surface area contributed by atoms with Crippen LogP contribution in [-0.4, -0.2) is 62.5 Å². The molecular weight excluding hydrogens is 426 g/mol. The van der Waals surface area contributed by atoms with Gasteiger partial charge in [0.05, 0.1) is 25.8 Å². The number of methoxy groups -OCH3 is 1. The van der Waals surface area contributed by atoms with E-state index in [2.05, 4.69) is 10.6 Å². The number of furan rings is 1. The second-order valence-electron chi connectivity index (χ2n) is 7.55. The molecule has 0 aliphatic carbocycles. The predicted octanol–water partition coefficient (Wildman–Crippen LogP) is 2.21. The van der Waals surface area contributed by atoms with Crippen LogP contribution < -0.4 is 20.1 Å². The maximum Gasteiger partial charge on any atom is 0.290 e. The highest BCUT2D eigenvalue weighted by molar-refractivity contribution is 5.98. The number of hydrogen-bond donors (Lipinski definition) is 2. The lowest BCUT2D eigenvalue weighted by Crippen LogP contribution is -2.43. The van der Waals surface area contributed by atoms with E-state index in [0.29, 0.717) is 35.6 Å². The number of ether oxygens (including phenoxy) is 2. The molecule has 4 rings (SSSR count).